The minimum Gasteiger partial charge on any atom is -0.454 e. The Labute approximate surface area is 211 Å². The molecule has 0 aromatic heterocycles. The second-order valence-electron chi connectivity index (χ2n) is 8.85. The molecule has 1 aliphatic heterocycles. The van der Waals surface area contributed by atoms with Crippen molar-refractivity contribution in [1.82, 2.24) is 4.90 Å². The Morgan fingerprint density at radius 2 is 1.69 bits per heavy atom. The van der Waals surface area contributed by atoms with Crippen molar-refractivity contribution < 1.29 is 20.5 Å². The van der Waals surface area contributed by atoms with Gasteiger partial charge in [0.15, 0.2) is 11.5 Å². The van der Waals surface area contributed by atoms with Gasteiger partial charge >= 0.3 is 0 Å². The number of amides is 2. The molecule has 1 N–H and O–H groups in total. The van der Waals surface area contributed by atoms with Crippen LogP contribution in [0.15, 0.2) is 60.7 Å². The minimum atomic E-state index is -0.562. The third kappa shape index (κ3) is 4.34. The van der Waals surface area contributed by atoms with E-state index in [9.17, 15) is 9.59 Å². The van der Waals surface area contributed by atoms with Crippen molar-refractivity contribution >= 4 is 29.1 Å². The summed E-state index contributed by atoms with van der Waals surface area (Å²) in [5.74, 6) is 1.34. The molecule has 1 fully saturated rings. The summed E-state index contributed by atoms with van der Waals surface area (Å²) in [6.07, 6.45) is 1.56. The van der Waals surface area contributed by atoms with Crippen molar-refractivity contribution in [3.05, 3.63) is 76.8 Å². The van der Waals surface area contributed by atoms with Crippen LogP contribution in [-0.2, 0) is 10.2 Å². The van der Waals surface area contributed by atoms with Crippen LogP contribution < -0.4 is 14.8 Å². The molecule has 182 valence electrons. The number of rotatable bonds is 7. The first kappa shape index (κ1) is 23.2. The second-order valence-corrected chi connectivity index (χ2v) is 9.26. The first-order valence-corrected chi connectivity index (χ1v) is 12.2. The molecule has 6 nitrogen and oxygen atoms in total. The van der Waals surface area contributed by atoms with E-state index in [4.69, 9.17) is 21.1 Å². The van der Waals surface area contributed by atoms with Gasteiger partial charge in [-0.25, -0.2) is 0 Å². The lowest BCUT2D eigenvalue weighted by atomic mass is 9.94. The SMILES string of the molecule is CCN(CC)C(=O)c1ccc(-c2cc(NC(=O)C3(c4ccc5c(c4)OCO5)CC3)ccc2Cl)cc1.[HH]. The molecule has 0 unspecified atom stereocenters. The van der Waals surface area contributed by atoms with Gasteiger partial charge in [-0.15, -0.1) is 0 Å². The maximum atomic E-state index is 13.3. The zero-order chi connectivity index (χ0) is 24.6. The summed E-state index contributed by atoms with van der Waals surface area (Å²) >= 11 is 6.50. The third-order valence-electron chi connectivity index (χ3n) is 6.83. The number of carbonyl (C=O) groups excluding carboxylic acids is 2. The number of nitrogens with one attached hydrogen (secondary N) is 1. The van der Waals surface area contributed by atoms with Gasteiger partial charge in [0.25, 0.3) is 5.91 Å². The number of anilines is 1. The monoisotopic (exact) mass is 492 g/mol. The number of hydrogen-bond donors (Lipinski definition) is 1. The highest BCUT2D eigenvalue weighted by molar-refractivity contribution is 6.33. The fraction of sp³-hybridized carbons (Fsp3) is 0.286. The molecule has 0 bridgehead atoms. The molecule has 0 spiro atoms. The summed E-state index contributed by atoms with van der Waals surface area (Å²) in [6.45, 7) is 5.47. The summed E-state index contributed by atoms with van der Waals surface area (Å²) in [6, 6.07) is 18.6. The summed E-state index contributed by atoms with van der Waals surface area (Å²) < 4.78 is 10.9. The van der Waals surface area contributed by atoms with E-state index in [0.29, 0.717) is 40.9 Å². The van der Waals surface area contributed by atoms with E-state index in [2.05, 4.69) is 5.32 Å². The number of carbonyl (C=O) groups is 2. The molecule has 3 aromatic rings. The molecule has 5 rings (SSSR count). The lowest BCUT2D eigenvalue weighted by Crippen LogP contribution is -2.30. The predicted molar refractivity (Wildman–Crippen MR) is 138 cm³/mol. The lowest BCUT2D eigenvalue weighted by molar-refractivity contribution is -0.118. The first-order chi connectivity index (χ1) is 16.9. The van der Waals surface area contributed by atoms with Gasteiger partial charge in [0.2, 0.25) is 12.7 Å². The molecule has 0 radical (unpaired) electrons. The maximum Gasteiger partial charge on any atom is 0.253 e. The smallest absolute Gasteiger partial charge is 0.253 e. The van der Waals surface area contributed by atoms with Crippen LogP contribution in [0.25, 0.3) is 11.1 Å². The van der Waals surface area contributed by atoms with Crippen LogP contribution in [0.5, 0.6) is 11.5 Å². The number of fused-ring (bicyclic) bond motifs is 1. The maximum absolute atomic E-state index is 13.3. The standard InChI is InChI=1S/C28H27ClN2O4.H2/c1-3-31(4-2)26(32)19-7-5-18(6-8-19)22-16-21(10-11-23(22)29)30-27(33)28(13-14-28)20-9-12-24-25(15-20)35-17-34-24;/h5-12,15-16H,3-4,13-14,17H2,1-2H3,(H,30,33);1H. The van der Waals surface area contributed by atoms with Crippen LogP contribution >= 0.6 is 11.6 Å². The third-order valence-corrected chi connectivity index (χ3v) is 7.16. The average Bonchev–Trinajstić information content (AvgIpc) is 3.56. The largest absolute Gasteiger partial charge is 0.454 e. The van der Waals surface area contributed by atoms with Crippen LogP contribution in [-0.4, -0.2) is 36.6 Å². The zero-order valence-corrected chi connectivity index (χ0v) is 20.5. The van der Waals surface area contributed by atoms with E-state index in [-0.39, 0.29) is 20.0 Å². The van der Waals surface area contributed by atoms with E-state index in [1.54, 1.807) is 17.0 Å². The Bertz CT molecular complexity index is 1290. The Morgan fingerprint density at radius 3 is 2.37 bits per heavy atom. The first-order valence-electron chi connectivity index (χ1n) is 11.9. The van der Waals surface area contributed by atoms with Gasteiger partial charge in [-0.3, -0.25) is 9.59 Å². The van der Waals surface area contributed by atoms with Gasteiger partial charge in [0.05, 0.1) is 5.41 Å². The highest BCUT2D eigenvalue weighted by Gasteiger charge is 2.51. The Balaban J connectivity index is 0.00000304. The molecule has 1 saturated carbocycles. The van der Waals surface area contributed by atoms with E-state index < -0.39 is 5.41 Å². The second kappa shape index (κ2) is 9.27. The average molecular weight is 493 g/mol. The lowest BCUT2D eigenvalue weighted by Gasteiger charge is -2.19. The van der Waals surface area contributed by atoms with E-state index in [0.717, 1.165) is 29.5 Å². The summed E-state index contributed by atoms with van der Waals surface area (Å²) in [7, 11) is 0. The fourth-order valence-corrected chi connectivity index (χ4v) is 4.75. The molecule has 0 atom stereocenters. The Morgan fingerprint density at radius 1 is 0.971 bits per heavy atom. The number of hydrogen-bond acceptors (Lipinski definition) is 4. The molecule has 3 aromatic carbocycles. The fourth-order valence-electron chi connectivity index (χ4n) is 4.53. The number of ether oxygens (including phenoxy) is 2. The van der Waals surface area contributed by atoms with Gasteiger partial charge in [0.1, 0.15) is 0 Å². The topological polar surface area (TPSA) is 67.9 Å². The minimum absolute atomic E-state index is 0. The Hall–Kier alpha value is -3.51. The molecule has 7 heteroatoms. The van der Waals surface area contributed by atoms with Crippen LogP contribution in [0.2, 0.25) is 5.02 Å². The molecule has 2 aliphatic rings. The van der Waals surface area contributed by atoms with Gasteiger partial charge in [-0.1, -0.05) is 29.8 Å². The van der Waals surface area contributed by atoms with Crippen LogP contribution in [0.3, 0.4) is 0 Å². The molecule has 0 saturated heterocycles. The van der Waals surface area contributed by atoms with E-state index >= 15 is 0 Å². The van der Waals surface area contributed by atoms with Crippen molar-refractivity contribution in [3.8, 4) is 22.6 Å². The summed E-state index contributed by atoms with van der Waals surface area (Å²) in [4.78, 5) is 27.7. The van der Waals surface area contributed by atoms with Crippen molar-refractivity contribution in [3.63, 3.8) is 0 Å². The highest BCUT2D eigenvalue weighted by atomic mass is 35.5. The van der Waals surface area contributed by atoms with Crippen LogP contribution in [0.4, 0.5) is 5.69 Å². The van der Waals surface area contributed by atoms with E-state index in [1.165, 1.54) is 0 Å². The Kier molecular flexibility index (Phi) is 6.15. The van der Waals surface area contributed by atoms with Crippen molar-refractivity contribution in [2.45, 2.75) is 32.1 Å². The number of halogens is 1. The molecule has 1 heterocycles. The van der Waals surface area contributed by atoms with Gasteiger partial charge in [-0.2, -0.15) is 0 Å². The molecular weight excluding hydrogens is 464 g/mol. The normalized spacial score (nSPS) is 14.9. The van der Waals surface area contributed by atoms with Gasteiger partial charge < -0.3 is 19.7 Å². The summed E-state index contributed by atoms with van der Waals surface area (Å²) in [5.41, 5.74) is 3.34. The van der Waals surface area contributed by atoms with Crippen molar-refractivity contribution in [2.24, 2.45) is 0 Å². The molecular formula is C28H29ClN2O4. The number of benzene rings is 3. The van der Waals surface area contributed by atoms with Gasteiger partial charge in [0, 0.05) is 36.4 Å². The highest BCUT2D eigenvalue weighted by Crippen LogP contribution is 2.51. The predicted octanol–water partition coefficient (Wildman–Crippen LogP) is 6.13. The van der Waals surface area contributed by atoms with E-state index in [1.807, 2.05) is 62.4 Å². The quantitative estimate of drug-likeness (QED) is 0.430. The molecule has 1 aliphatic carbocycles. The van der Waals surface area contributed by atoms with Crippen molar-refractivity contribution in [2.75, 3.05) is 25.2 Å². The van der Waals surface area contributed by atoms with Gasteiger partial charge in [-0.05, 0) is 80.3 Å². The summed E-state index contributed by atoms with van der Waals surface area (Å²) in [5, 5.41) is 3.65. The molecule has 2 amide bonds. The van der Waals surface area contributed by atoms with Crippen LogP contribution in [0, 0.1) is 0 Å². The molecule has 35 heavy (non-hydrogen) atoms. The number of nitrogens with zero attached hydrogens (tertiary/aromatic N) is 1. The zero-order valence-electron chi connectivity index (χ0n) is 19.8. The van der Waals surface area contributed by atoms with Crippen LogP contribution in [0.1, 0.15) is 44.0 Å². The van der Waals surface area contributed by atoms with Crippen molar-refractivity contribution in [1.29, 1.82) is 0 Å².